The van der Waals surface area contributed by atoms with E-state index >= 15 is 0 Å². The molecule has 1 aliphatic rings. The van der Waals surface area contributed by atoms with Crippen molar-refractivity contribution in [2.24, 2.45) is 0 Å². The van der Waals surface area contributed by atoms with E-state index in [2.05, 4.69) is 21.7 Å². The van der Waals surface area contributed by atoms with Crippen LogP contribution in [0.25, 0.3) is 0 Å². The van der Waals surface area contributed by atoms with Crippen molar-refractivity contribution in [1.29, 1.82) is 0 Å². The number of fused-ring (bicyclic) bond motifs is 1. The second-order valence-electron chi connectivity index (χ2n) is 4.88. The fraction of sp³-hybridized carbons (Fsp3) is 0.429. The van der Waals surface area contributed by atoms with E-state index in [1.54, 1.807) is 22.7 Å². The van der Waals surface area contributed by atoms with Gasteiger partial charge in [0.25, 0.3) is 0 Å². The first-order chi connectivity index (χ1) is 9.72. The van der Waals surface area contributed by atoms with Gasteiger partial charge < -0.3 is 10.2 Å². The molecular formula is C14H17N3OS2. The molecule has 0 fully saturated rings. The van der Waals surface area contributed by atoms with Gasteiger partial charge in [0.1, 0.15) is 0 Å². The van der Waals surface area contributed by atoms with Crippen LogP contribution in [0.1, 0.15) is 20.3 Å². The van der Waals surface area contributed by atoms with E-state index in [0.29, 0.717) is 6.54 Å². The molecule has 0 saturated heterocycles. The summed E-state index contributed by atoms with van der Waals surface area (Å²) in [6.07, 6.45) is 2.86. The van der Waals surface area contributed by atoms with Crippen LogP contribution in [0.2, 0.25) is 0 Å². The van der Waals surface area contributed by atoms with Crippen LogP contribution in [0, 0.1) is 6.92 Å². The molecule has 1 amide bonds. The fourth-order valence-electron chi connectivity index (χ4n) is 2.35. The number of amides is 1. The smallest absolute Gasteiger partial charge is 0.236 e. The number of aryl methyl sites for hydroxylation is 1. The van der Waals surface area contributed by atoms with Crippen molar-refractivity contribution in [3.05, 3.63) is 38.0 Å². The zero-order chi connectivity index (χ0) is 13.9. The van der Waals surface area contributed by atoms with Gasteiger partial charge in [0.05, 0.1) is 11.6 Å². The molecule has 2 aromatic heterocycles. The number of hydrogen-bond acceptors (Lipinski definition) is 5. The van der Waals surface area contributed by atoms with Crippen LogP contribution in [-0.2, 0) is 24.3 Å². The summed E-state index contributed by atoms with van der Waals surface area (Å²) in [5.74, 6) is 0.183. The molecule has 3 heterocycles. The molecule has 6 heteroatoms. The number of carbonyl (C=O) groups is 1. The lowest BCUT2D eigenvalue weighted by molar-refractivity contribution is -0.131. The van der Waals surface area contributed by atoms with Crippen molar-refractivity contribution < 1.29 is 4.79 Å². The van der Waals surface area contributed by atoms with E-state index in [1.165, 1.54) is 15.3 Å². The van der Waals surface area contributed by atoms with E-state index < -0.39 is 0 Å². The van der Waals surface area contributed by atoms with Crippen LogP contribution in [0.4, 0.5) is 0 Å². The number of nitrogens with zero attached hydrogens (tertiary/aromatic N) is 2. The third-order valence-electron chi connectivity index (χ3n) is 3.40. The summed E-state index contributed by atoms with van der Waals surface area (Å²) in [6, 6.07) is 2.13. The molecule has 4 nitrogen and oxygen atoms in total. The zero-order valence-corrected chi connectivity index (χ0v) is 13.0. The van der Waals surface area contributed by atoms with Gasteiger partial charge in [-0.05, 0) is 30.4 Å². The number of thiophene rings is 1. The molecule has 20 heavy (non-hydrogen) atoms. The molecule has 1 N–H and O–H groups in total. The van der Waals surface area contributed by atoms with E-state index in [4.69, 9.17) is 0 Å². The Morgan fingerprint density at radius 3 is 3.25 bits per heavy atom. The SMILES string of the molecule is Cc1ncc(CNCC(=O)N2CCc3sccc3C2)s1. The first-order valence-electron chi connectivity index (χ1n) is 6.67. The minimum atomic E-state index is 0.183. The second-order valence-corrected chi connectivity index (χ2v) is 7.20. The minimum Gasteiger partial charge on any atom is -0.337 e. The normalized spacial score (nSPS) is 14.3. The van der Waals surface area contributed by atoms with Gasteiger partial charge in [-0.25, -0.2) is 4.98 Å². The van der Waals surface area contributed by atoms with Gasteiger partial charge in [-0.15, -0.1) is 22.7 Å². The maximum atomic E-state index is 12.2. The number of hydrogen-bond donors (Lipinski definition) is 1. The number of nitrogens with one attached hydrogen (secondary N) is 1. The number of rotatable bonds is 4. The summed E-state index contributed by atoms with van der Waals surface area (Å²) in [4.78, 5) is 20.9. The second kappa shape index (κ2) is 6.03. The van der Waals surface area contributed by atoms with Crippen LogP contribution in [-0.4, -0.2) is 28.9 Å². The first kappa shape index (κ1) is 13.7. The lowest BCUT2D eigenvalue weighted by Crippen LogP contribution is -2.40. The average molecular weight is 307 g/mol. The molecule has 2 aromatic rings. The third-order valence-corrected chi connectivity index (χ3v) is 5.34. The van der Waals surface area contributed by atoms with Crippen LogP contribution >= 0.6 is 22.7 Å². The quantitative estimate of drug-likeness (QED) is 0.942. The molecule has 106 valence electrons. The molecule has 0 saturated carbocycles. The summed E-state index contributed by atoms with van der Waals surface area (Å²) in [6.45, 7) is 4.71. The maximum absolute atomic E-state index is 12.2. The summed E-state index contributed by atoms with van der Waals surface area (Å²) in [5, 5.41) is 6.39. The van der Waals surface area contributed by atoms with Crippen LogP contribution < -0.4 is 5.32 Å². The Morgan fingerprint density at radius 1 is 1.55 bits per heavy atom. The minimum absolute atomic E-state index is 0.183. The van der Waals surface area contributed by atoms with Crippen molar-refractivity contribution in [1.82, 2.24) is 15.2 Å². The highest BCUT2D eigenvalue weighted by Crippen LogP contribution is 2.23. The molecule has 0 aromatic carbocycles. The Balaban J connectivity index is 1.48. The van der Waals surface area contributed by atoms with Crippen molar-refractivity contribution >= 4 is 28.6 Å². The van der Waals surface area contributed by atoms with Gasteiger partial charge in [-0.3, -0.25) is 4.79 Å². The van der Waals surface area contributed by atoms with Crippen molar-refractivity contribution in [2.45, 2.75) is 26.4 Å². The van der Waals surface area contributed by atoms with E-state index in [-0.39, 0.29) is 5.91 Å². The Hall–Kier alpha value is -1.24. The van der Waals surface area contributed by atoms with E-state index in [0.717, 1.165) is 31.1 Å². The molecule has 1 aliphatic heterocycles. The predicted molar refractivity (Wildman–Crippen MR) is 82.0 cm³/mol. The fourth-order valence-corrected chi connectivity index (χ4v) is 4.01. The molecular weight excluding hydrogens is 290 g/mol. The molecule has 0 bridgehead atoms. The Labute approximate surface area is 126 Å². The van der Waals surface area contributed by atoms with Crippen molar-refractivity contribution in [2.75, 3.05) is 13.1 Å². The summed E-state index contributed by atoms with van der Waals surface area (Å²) in [5.41, 5.74) is 1.31. The molecule has 0 unspecified atom stereocenters. The molecule has 0 spiro atoms. The number of aromatic nitrogens is 1. The van der Waals surface area contributed by atoms with Gasteiger partial charge in [-0.1, -0.05) is 0 Å². The van der Waals surface area contributed by atoms with Gasteiger partial charge in [0.2, 0.25) is 5.91 Å². The largest absolute Gasteiger partial charge is 0.337 e. The van der Waals surface area contributed by atoms with Gasteiger partial charge in [0, 0.05) is 35.6 Å². The lowest BCUT2D eigenvalue weighted by atomic mass is 10.1. The molecule has 0 radical (unpaired) electrons. The highest BCUT2D eigenvalue weighted by Gasteiger charge is 2.20. The Kier molecular flexibility index (Phi) is 4.14. The monoisotopic (exact) mass is 307 g/mol. The number of thiazole rings is 1. The summed E-state index contributed by atoms with van der Waals surface area (Å²) < 4.78 is 0. The Bertz CT molecular complexity index is 605. The van der Waals surface area contributed by atoms with Gasteiger partial charge >= 0.3 is 0 Å². The summed E-state index contributed by atoms with van der Waals surface area (Å²) >= 11 is 3.47. The van der Waals surface area contributed by atoms with Crippen molar-refractivity contribution in [3.63, 3.8) is 0 Å². The van der Waals surface area contributed by atoms with Crippen LogP contribution in [0.3, 0.4) is 0 Å². The maximum Gasteiger partial charge on any atom is 0.236 e. The lowest BCUT2D eigenvalue weighted by Gasteiger charge is -2.27. The summed E-state index contributed by atoms with van der Waals surface area (Å²) in [7, 11) is 0. The predicted octanol–water partition coefficient (Wildman–Crippen LogP) is 2.19. The van der Waals surface area contributed by atoms with Crippen LogP contribution in [0.5, 0.6) is 0 Å². The topological polar surface area (TPSA) is 45.2 Å². The Morgan fingerprint density at radius 2 is 2.45 bits per heavy atom. The van der Waals surface area contributed by atoms with E-state index in [9.17, 15) is 4.79 Å². The van der Waals surface area contributed by atoms with E-state index in [1.807, 2.05) is 18.0 Å². The average Bonchev–Trinajstić information content (AvgIpc) is 3.06. The zero-order valence-electron chi connectivity index (χ0n) is 11.4. The third kappa shape index (κ3) is 3.08. The highest BCUT2D eigenvalue weighted by atomic mass is 32.1. The highest BCUT2D eigenvalue weighted by molar-refractivity contribution is 7.11. The van der Waals surface area contributed by atoms with Crippen molar-refractivity contribution in [3.8, 4) is 0 Å². The molecule has 3 rings (SSSR count). The van der Waals surface area contributed by atoms with Gasteiger partial charge in [-0.2, -0.15) is 0 Å². The first-order valence-corrected chi connectivity index (χ1v) is 8.37. The standard InChI is InChI=1S/C14H17N3OS2/c1-10-16-7-12(20-10)6-15-8-14(18)17-4-2-13-11(9-17)3-5-19-13/h3,5,7,15H,2,4,6,8-9H2,1H3. The molecule has 0 atom stereocenters. The molecule has 0 aliphatic carbocycles. The number of carbonyl (C=O) groups excluding carboxylic acids is 1. The van der Waals surface area contributed by atoms with Crippen LogP contribution in [0.15, 0.2) is 17.6 Å². The van der Waals surface area contributed by atoms with Gasteiger partial charge in [0.15, 0.2) is 0 Å².